The molecule has 166 valence electrons. The van der Waals surface area contributed by atoms with E-state index in [0.29, 0.717) is 17.5 Å². The van der Waals surface area contributed by atoms with Crippen LogP contribution in [-0.2, 0) is 6.42 Å². The van der Waals surface area contributed by atoms with Gasteiger partial charge in [-0.25, -0.2) is 0 Å². The number of hydrogen-bond donors (Lipinski definition) is 0. The van der Waals surface area contributed by atoms with Gasteiger partial charge in [0.2, 0.25) is 0 Å². The molecule has 1 aromatic carbocycles. The van der Waals surface area contributed by atoms with Crippen LogP contribution in [0.3, 0.4) is 0 Å². The zero-order valence-corrected chi connectivity index (χ0v) is 18.7. The minimum atomic E-state index is 0.0269. The molecule has 1 aliphatic carbocycles. The van der Waals surface area contributed by atoms with Crippen molar-refractivity contribution in [3.05, 3.63) is 70.7 Å². The Hall–Kier alpha value is -2.40. The van der Waals surface area contributed by atoms with Gasteiger partial charge in [0.05, 0.1) is 0 Å². The molecule has 0 bridgehead atoms. The van der Waals surface area contributed by atoms with E-state index in [1.807, 2.05) is 0 Å². The summed E-state index contributed by atoms with van der Waals surface area (Å²) in [5.41, 5.74) is 3.34. The first-order chi connectivity index (χ1) is 15.1. The van der Waals surface area contributed by atoms with Crippen molar-refractivity contribution in [1.29, 1.82) is 0 Å². The predicted molar refractivity (Wildman–Crippen MR) is 123 cm³/mol. The maximum absolute atomic E-state index is 13.3. The molecular weight excluding hydrogens is 386 g/mol. The molecule has 5 heteroatoms. The number of nitrogens with zero attached hydrogens (tertiary/aromatic N) is 3. The number of piperidine rings is 1. The second-order valence-corrected chi connectivity index (χ2v) is 9.31. The maximum atomic E-state index is 13.3. The minimum absolute atomic E-state index is 0.0269. The number of carbonyl (C=O) groups excluding carboxylic acids is 1. The highest BCUT2D eigenvalue weighted by atomic mass is 16.5. The van der Waals surface area contributed by atoms with Crippen LogP contribution in [-0.4, -0.2) is 47.9 Å². The SMILES string of the molecule is Cc1ccccc1CCN1CCC(CN(C(=O)c2ccc[n+]([O-])c2)C2CCCC2)CC1. The zero-order chi connectivity index (χ0) is 21.6. The second kappa shape index (κ2) is 10.3. The van der Waals surface area contributed by atoms with Gasteiger partial charge in [-0.3, -0.25) is 4.79 Å². The molecule has 2 aromatic rings. The minimum Gasteiger partial charge on any atom is -0.619 e. The van der Waals surface area contributed by atoms with E-state index in [1.165, 1.54) is 36.4 Å². The molecule has 0 atom stereocenters. The third-order valence-electron chi connectivity index (χ3n) is 7.17. The second-order valence-electron chi connectivity index (χ2n) is 9.31. The van der Waals surface area contributed by atoms with Gasteiger partial charge in [0.1, 0.15) is 5.56 Å². The fourth-order valence-electron chi connectivity index (χ4n) is 5.20. The number of rotatable bonds is 7. The molecule has 1 aliphatic heterocycles. The summed E-state index contributed by atoms with van der Waals surface area (Å²) < 4.78 is 0.729. The Morgan fingerprint density at radius 1 is 1.10 bits per heavy atom. The van der Waals surface area contributed by atoms with Crippen LogP contribution in [0.1, 0.15) is 60.0 Å². The Labute approximate surface area is 186 Å². The quantitative estimate of drug-likeness (QED) is 0.502. The standard InChI is InChI=1S/C26H35N3O2/c1-21-7-2-3-8-23(21)14-18-27-16-12-22(13-17-27)19-29(25-10-4-5-11-25)26(30)24-9-6-15-28(31)20-24/h2-3,6-9,15,20,22,25H,4-5,10-14,16-19H2,1H3. The molecule has 5 nitrogen and oxygen atoms in total. The first-order valence-corrected chi connectivity index (χ1v) is 11.9. The van der Waals surface area contributed by atoms with E-state index in [-0.39, 0.29) is 5.91 Å². The van der Waals surface area contributed by atoms with Crippen molar-refractivity contribution < 1.29 is 9.52 Å². The summed E-state index contributed by atoms with van der Waals surface area (Å²) in [7, 11) is 0. The molecule has 1 aromatic heterocycles. The maximum Gasteiger partial charge on any atom is 0.260 e. The lowest BCUT2D eigenvalue weighted by Gasteiger charge is -2.37. The van der Waals surface area contributed by atoms with Crippen molar-refractivity contribution in [1.82, 2.24) is 9.80 Å². The summed E-state index contributed by atoms with van der Waals surface area (Å²) in [4.78, 5) is 17.9. The van der Waals surface area contributed by atoms with Crippen LogP contribution in [0.5, 0.6) is 0 Å². The lowest BCUT2D eigenvalue weighted by Crippen LogP contribution is -2.45. The van der Waals surface area contributed by atoms with Crippen molar-refractivity contribution in [3.63, 3.8) is 0 Å². The van der Waals surface area contributed by atoms with Gasteiger partial charge in [0.15, 0.2) is 12.4 Å². The Bertz CT molecular complexity index is 870. The van der Waals surface area contributed by atoms with Gasteiger partial charge in [-0.2, -0.15) is 4.73 Å². The lowest BCUT2D eigenvalue weighted by molar-refractivity contribution is -0.605. The van der Waals surface area contributed by atoms with E-state index in [9.17, 15) is 10.0 Å². The highest BCUT2D eigenvalue weighted by Crippen LogP contribution is 2.28. The average molecular weight is 422 g/mol. The molecular formula is C26H35N3O2. The molecule has 1 amide bonds. The van der Waals surface area contributed by atoms with Crippen LogP contribution in [0.25, 0.3) is 0 Å². The summed E-state index contributed by atoms with van der Waals surface area (Å²) in [6.45, 7) is 6.33. The van der Waals surface area contributed by atoms with Gasteiger partial charge >= 0.3 is 0 Å². The monoisotopic (exact) mass is 421 g/mol. The van der Waals surface area contributed by atoms with E-state index in [0.717, 1.165) is 63.0 Å². The van der Waals surface area contributed by atoms with E-state index in [2.05, 4.69) is 41.0 Å². The molecule has 4 rings (SSSR count). The van der Waals surface area contributed by atoms with Crippen LogP contribution in [0.15, 0.2) is 48.8 Å². The topological polar surface area (TPSA) is 50.5 Å². The Morgan fingerprint density at radius 3 is 2.55 bits per heavy atom. The number of amides is 1. The average Bonchev–Trinajstić information content (AvgIpc) is 3.32. The largest absolute Gasteiger partial charge is 0.619 e. The summed E-state index contributed by atoms with van der Waals surface area (Å²) in [5, 5.41) is 11.7. The zero-order valence-electron chi connectivity index (χ0n) is 18.7. The highest BCUT2D eigenvalue weighted by Gasteiger charge is 2.31. The molecule has 31 heavy (non-hydrogen) atoms. The summed E-state index contributed by atoms with van der Waals surface area (Å²) in [5.74, 6) is 0.571. The number of pyridine rings is 1. The first kappa shape index (κ1) is 21.8. The number of likely N-dealkylation sites (tertiary alicyclic amines) is 1. The molecule has 1 saturated carbocycles. The van der Waals surface area contributed by atoms with Crippen molar-refractivity contribution in [2.75, 3.05) is 26.2 Å². The molecule has 0 N–H and O–H groups in total. The highest BCUT2D eigenvalue weighted by molar-refractivity contribution is 5.93. The van der Waals surface area contributed by atoms with Crippen LogP contribution in [0.2, 0.25) is 0 Å². The number of benzene rings is 1. The van der Waals surface area contributed by atoms with E-state index >= 15 is 0 Å². The van der Waals surface area contributed by atoms with Crippen LogP contribution >= 0.6 is 0 Å². The number of hydrogen-bond acceptors (Lipinski definition) is 3. The number of aryl methyl sites for hydroxylation is 1. The molecule has 0 spiro atoms. The Balaban J connectivity index is 1.33. The predicted octanol–water partition coefficient (Wildman–Crippen LogP) is 3.97. The van der Waals surface area contributed by atoms with E-state index in [1.54, 1.807) is 12.1 Å². The molecule has 1 saturated heterocycles. The summed E-state index contributed by atoms with van der Waals surface area (Å²) >= 11 is 0. The van der Waals surface area contributed by atoms with Gasteiger partial charge < -0.3 is 15.0 Å². The van der Waals surface area contributed by atoms with Crippen LogP contribution in [0, 0.1) is 18.0 Å². The first-order valence-electron chi connectivity index (χ1n) is 11.9. The van der Waals surface area contributed by atoms with Crippen molar-refractivity contribution in [2.24, 2.45) is 5.92 Å². The number of carbonyl (C=O) groups is 1. The third kappa shape index (κ3) is 5.65. The fourth-order valence-corrected chi connectivity index (χ4v) is 5.20. The summed E-state index contributed by atoms with van der Waals surface area (Å²) in [6.07, 6.45) is 10.8. The fraction of sp³-hybridized carbons (Fsp3) is 0.538. The van der Waals surface area contributed by atoms with Gasteiger partial charge in [0.25, 0.3) is 5.91 Å². The van der Waals surface area contributed by atoms with Gasteiger partial charge in [-0.15, -0.1) is 0 Å². The van der Waals surface area contributed by atoms with Crippen molar-refractivity contribution in [2.45, 2.75) is 57.9 Å². The van der Waals surface area contributed by atoms with Crippen LogP contribution in [0.4, 0.5) is 0 Å². The van der Waals surface area contributed by atoms with Crippen molar-refractivity contribution >= 4 is 5.91 Å². The van der Waals surface area contributed by atoms with E-state index < -0.39 is 0 Å². The van der Waals surface area contributed by atoms with Gasteiger partial charge in [-0.05, 0) is 75.2 Å². The molecule has 0 unspecified atom stereocenters. The van der Waals surface area contributed by atoms with Gasteiger partial charge in [0, 0.05) is 25.2 Å². The molecule has 2 fully saturated rings. The molecule has 2 aliphatic rings. The van der Waals surface area contributed by atoms with E-state index in [4.69, 9.17) is 0 Å². The lowest BCUT2D eigenvalue weighted by atomic mass is 9.94. The Kier molecular flexibility index (Phi) is 7.23. The molecule has 0 radical (unpaired) electrons. The third-order valence-corrected chi connectivity index (χ3v) is 7.17. The van der Waals surface area contributed by atoms with Gasteiger partial charge in [-0.1, -0.05) is 37.1 Å². The smallest absolute Gasteiger partial charge is 0.260 e. The molecule has 2 heterocycles. The van der Waals surface area contributed by atoms with Crippen molar-refractivity contribution in [3.8, 4) is 0 Å². The van der Waals surface area contributed by atoms with Crippen LogP contribution < -0.4 is 4.73 Å². The normalized spacial score (nSPS) is 18.4. The Morgan fingerprint density at radius 2 is 1.84 bits per heavy atom. The summed E-state index contributed by atoms with van der Waals surface area (Å²) in [6, 6.07) is 12.4. The number of aromatic nitrogens is 1.